The van der Waals surface area contributed by atoms with Gasteiger partial charge in [0.1, 0.15) is 48.3 Å². The largest absolute Gasteiger partial charge is 0.469 e. The minimum atomic E-state index is -1.66. The van der Waals surface area contributed by atoms with Crippen LogP contribution in [0.25, 0.3) is 0 Å². The molecule has 26 nitrogen and oxygen atoms in total. The summed E-state index contributed by atoms with van der Waals surface area (Å²) < 4.78 is 16.7. The molecule has 101 heavy (non-hydrogen) atoms. The number of methoxy groups -OCH3 is 1. The summed E-state index contributed by atoms with van der Waals surface area (Å²) >= 11 is 0. The lowest BCUT2D eigenvalue weighted by atomic mass is 9.85. The molecule has 9 amide bonds. The second-order valence-electron chi connectivity index (χ2n) is 30.9. The van der Waals surface area contributed by atoms with Crippen molar-refractivity contribution < 1.29 is 76.9 Å². The van der Waals surface area contributed by atoms with Crippen LogP contribution < -0.4 is 10.6 Å². The summed E-state index contributed by atoms with van der Waals surface area (Å²) in [6.07, 6.45) is 1.89. The van der Waals surface area contributed by atoms with Crippen molar-refractivity contribution in [3.8, 4) is 0 Å². The standard InChI is InChI=1S/C75H134N10O16/c1-25-56-72(95)78(17)53(15)70(93)83(22)64(54(16)101-37-31-30-34-85-35-38-100-39-36-85)61(87)44-55(48(8)9)71(94)79(18)57(40-45(2)3)60(86)43-51(13)67(90)76-52(14)69(92)80(19)58(41-46(4)5)73(96)81(20)59(42-47(6)7)74(97)82(21)63(49(10)11)75(98)84(23)65(68(91)77-56)66(89)50(12)32-28-26-27-29-33-62(88)99-24/h45-59,63-66,89H,25-44H2,1-24H3,(H,76,90)(H,77,91)/t50-,51-,52-,53-,54-,55+,56+,57+,58+,59+,63+,64+,65+,66-/m1/s1. The summed E-state index contributed by atoms with van der Waals surface area (Å²) in [4.78, 5) is 188. The highest BCUT2D eigenvalue weighted by Crippen LogP contribution is 2.29. The summed E-state index contributed by atoms with van der Waals surface area (Å²) in [6.45, 7) is 31.9. The number of likely N-dealkylation sites (N-methyl/N-ethyl adjacent to an activating group) is 7. The van der Waals surface area contributed by atoms with Gasteiger partial charge < -0.3 is 64.3 Å². The predicted octanol–water partition coefficient (Wildman–Crippen LogP) is 5.86. The fraction of sp³-hybridized carbons (Fsp3) is 0.840. The van der Waals surface area contributed by atoms with Crippen LogP contribution in [0, 0.1) is 47.3 Å². The van der Waals surface area contributed by atoms with Crippen molar-refractivity contribution >= 4 is 70.7 Å². The van der Waals surface area contributed by atoms with Crippen LogP contribution in [-0.2, 0) is 71.7 Å². The van der Waals surface area contributed by atoms with Gasteiger partial charge in [0.25, 0.3) is 0 Å². The summed E-state index contributed by atoms with van der Waals surface area (Å²) in [5.41, 5.74) is 0. The number of unbranched alkanes of at least 4 members (excludes halogenated alkanes) is 4. The van der Waals surface area contributed by atoms with E-state index in [2.05, 4.69) is 15.5 Å². The molecule has 2 aliphatic rings. The van der Waals surface area contributed by atoms with Crippen LogP contribution in [0.15, 0.2) is 0 Å². The zero-order valence-corrected chi connectivity index (χ0v) is 66.3. The molecule has 0 aromatic rings. The van der Waals surface area contributed by atoms with Crippen LogP contribution in [0.4, 0.5) is 0 Å². The Morgan fingerprint density at radius 2 is 1.03 bits per heavy atom. The van der Waals surface area contributed by atoms with Crippen LogP contribution in [-0.4, -0.2) is 277 Å². The van der Waals surface area contributed by atoms with E-state index < -0.39 is 161 Å². The van der Waals surface area contributed by atoms with E-state index in [0.29, 0.717) is 51.7 Å². The van der Waals surface area contributed by atoms with Gasteiger partial charge in [-0.15, -0.1) is 0 Å². The fourth-order valence-electron chi connectivity index (χ4n) is 13.7. The number of hydrogen-bond donors (Lipinski definition) is 3. The van der Waals surface area contributed by atoms with Crippen molar-refractivity contribution in [1.82, 2.24) is 49.8 Å². The topological polar surface area (TPSA) is 303 Å². The Morgan fingerprint density at radius 1 is 0.525 bits per heavy atom. The van der Waals surface area contributed by atoms with Crippen molar-refractivity contribution in [2.45, 2.75) is 267 Å². The lowest BCUT2D eigenvalue weighted by Gasteiger charge is -2.41. The van der Waals surface area contributed by atoms with Gasteiger partial charge in [-0.25, -0.2) is 0 Å². The first kappa shape index (κ1) is 91.0. The zero-order chi connectivity index (χ0) is 77.2. The zero-order valence-electron chi connectivity index (χ0n) is 66.3. The molecule has 2 rings (SSSR count). The van der Waals surface area contributed by atoms with Gasteiger partial charge in [-0.05, 0) is 114 Å². The number of hydrogen-bond acceptors (Lipinski definition) is 17. The summed E-state index contributed by atoms with van der Waals surface area (Å²) in [7, 11) is 11.4. The molecule has 14 atom stereocenters. The number of carbonyl (C=O) groups is 12. The number of aliphatic hydroxyl groups excluding tert-OH is 1. The Balaban J connectivity index is 3.02. The Kier molecular flexibility index (Phi) is 39.5. The maximum Gasteiger partial charge on any atom is 0.305 e. The van der Waals surface area contributed by atoms with Crippen LogP contribution in [0.2, 0.25) is 0 Å². The van der Waals surface area contributed by atoms with E-state index in [9.17, 15) is 29.1 Å². The molecule has 2 saturated heterocycles. The molecule has 26 heteroatoms. The van der Waals surface area contributed by atoms with E-state index >= 15 is 33.6 Å². The van der Waals surface area contributed by atoms with E-state index in [-0.39, 0.29) is 75.3 Å². The molecule has 0 aromatic heterocycles. The fourth-order valence-corrected chi connectivity index (χ4v) is 13.7. The first-order valence-electron chi connectivity index (χ1n) is 37.3. The number of esters is 1. The molecule has 2 aliphatic heterocycles. The third-order valence-electron chi connectivity index (χ3n) is 20.5. The maximum atomic E-state index is 15.5. The molecule has 3 N–H and O–H groups in total. The lowest BCUT2D eigenvalue weighted by molar-refractivity contribution is -0.157. The van der Waals surface area contributed by atoms with Crippen LogP contribution in [0.1, 0.15) is 201 Å². The van der Waals surface area contributed by atoms with Gasteiger partial charge in [-0.3, -0.25) is 62.4 Å². The highest BCUT2D eigenvalue weighted by molar-refractivity contribution is 6.00. The van der Waals surface area contributed by atoms with Crippen LogP contribution >= 0.6 is 0 Å². The number of rotatable bonds is 25. The average molecular weight is 1430 g/mol. The number of Topliss-reactive ketones (excluding diaryl/α,β-unsaturated/α-hetero) is 2. The van der Waals surface area contributed by atoms with E-state index in [1.165, 1.54) is 94.8 Å². The third-order valence-corrected chi connectivity index (χ3v) is 20.5. The Morgan fingerprint density at radius 3 is 1.55 bits per heavy atom. The van der Waals surface area contributed by atoms with E-state index in [4.69, 9.17) is 14.2 Å². The molecule has 0 bridgehead atoms. The minimum absolute atomic E-state index is 0.0160. The van der Waals surface area contributed by atoms with Gasteiger partial charge in [-0.1, -0.05) is 109 Å². The SMILES string of the molecule is CC[C@@H]1NC(=O)[C@H]([C@H](O)[C@H](C)CCCCCCC(=O)OC)N(C)C(=O)[C@H](C(C)C)N(C)C(=O)[C@H](CC(C)C)N(C)C(=O)[C@H](CC(C)C)N(C)C(=O)[C@@H](C)NC(=O)[C@H](C)CC(=O)[C@H](CC(C)C)N(C)C(=O)[C@H](C(C)C)CC(=O)[C@H]([C@@H](C)OCCCCN2CCOCC2)N(C)C(=O)[C@@H](C)N(C)C1=O. The predicted molar refractivity (Wildman–Crippen MR) is 388 cm³/mol. The van der Waals surface area contributed by atoms with Crippen molar-refractivity contribution in [3.05, 3.63) is 0 Å². The summed E-state index contributed by atoms with van der Waals surface area (Å²) in [5.74, 6) is -11.4. The second-order valence-corrected chi connectivity index (χ2v) is 30.9. The molecule has 580 valence electrons. The smallest absolute Gasteiger partial charge is 0.305 e. The van der Waals surface area contributed by atoms with E-state index in [0.717, 1.165) is 35.9 Å². The van der Waals surface area contributed by atoms with E-state index in [1.54, 1.807) is 55.4 Å². The van der Waals surface area contributed by atoms with Gasteiger partial charge in [0, 0.05) is 100 Å². The number of nitrogens with zero attached hydrogens (tertiary/aromatic N) is 8. The van der Waals surface area contributed by atoms with Crippen molar-refractivity contribution in [2.75, 3.05) is 95.9 Å². The average Bonchev–Trinajstić information content (AvgIpc) is 0.808. The van der Waals surface area contributed by atoms with Gasteiger partial charge in [0.05, 0.1) is 38.6 Å². The van der Waals surface area contributed by atoms with Crippen LogP contribution in [0.3, 0.4) is 0 Å². The number of nitrogens with one attached hydrogen (secondary N) is 2. The van der Waals surface area contributed by atoms with Crippen molar-refractivity contribution in [2.24, 2.45) is 47.3 Å². The molecule has 0 saturated carbocycles. The summed E-state index contributed by atoms with van der Waals surface area (Å²) in [6, 6.07) is -11.4. The molecular formula is C75H134N10O16. The number of carbonyl (C=O) groups excluding carboxylic acids is 12. The van der Waals surface area contributed by atoms with E-state index in [1.807, 2.05) is 41.5 Å². The maximum absolute atomic E-state index is 15.5. The number of morpholine rings is 1. The highest BCUT2D eigenvalue weighted by atomic mass is 16.5. The molecule has 2 fully saturated rings. The summed E-state index contributed by atoms with van der Waals surface area (Å²) in [5, 5.41) is 18.1. The van der Waals surface area contributed by atoms with Gasteiger partial charge in [-0.2, -0.15) is 0 Å². The first-order valence-corrected chi connectivity index (χ1v) is 37.3. The van der Waals surface area contributed by atoms with Crippen LogP contribution in [0.5, 0.6) is 0 Å². The molecular weight excluding hydrogens is 1300 g/mol. The van der Waals surface area contributed by atoms with Gasteiger partial charge >= 0.3 is 5.97 Å². The van der Waals surface area contributed by atoms with Gasteiger partial charge in [0.2, 0.25) is 53.2 Å². The lowest BCUT2D eigenvalue weighted by Crippen LogP contribution is -2.64. The van der Waals surface area contributed by atoms with Crippen molar-refractivity contribution in [3.63, 3.8) is 0 Å². The Hall–Kier alpha value is -6.12. The number of aliphatic hydroxyl groups is 1. The molecule has 0 radical (unpaired) electrons. The number of ether oxygens (including phenoxy) is 3. The Labute approximate surface area is 605 Å². The quantitative estimate of drug-likeness (QED) is 0.0712. The normalized spacial score (nSPS) is 26.7. The monoisotopic (exact) mass is 1430 g/mol. The second kappa shape index (κ2) is 43.9. The number of ketones is 2. The molecule has 0 unspecified atom stereocenters. The number of amides is 9. The van der Waals surface area contributed by atoms with Gasteiger partial charge in [0.15, 0.2) is 11.6 Å². The first-order chi connectivity index (χ1) is 47.1. The third kappa shape index (κ3) is 27.1. The molecule has 0 spiro atoms. The van der Waals surface area contributed by atoms with Crippen molar-refractivity contribution in [1.29, 1.82) is 0 Å². The Bertz CT molecular complexity index is 2710. The molecule has 2 heterocycles. The minimum Gasteiger partial charge on any atom is -0.469 e. The highest BCUT2D eigenvalue weighted by Gasteiger charge is 2.47. The molecule has 0 aliphatic carbocycles. The molecule has 0 aromatic carbocycles.